The fourth-order valence-electron chi connectivity index (χ4n) is 4.12. The summed E-state index contributed by atoms with van der Waals surface area (Å²) in [5, 5.41) is 4.18. The minimum atomic E-state index is 0. The molecule has 0 aliphatic carbocycles. The van der Waals surface area contributed by atoms with Gasteiger partial charge in [-0.05, 0) is 40.6 Å². The highest BCUT2D eigenvalue weighted by atomic mass is 127. The number of rotatable bonds is 3. The van der Waals surface area contributed by atoms with Crippen molar-refractivity contribution in [2.75, 3.05) is 26.7 Å². The van der Waals surface area contributed by atoms with Crippen molar-refractivity contribution in [3.8, 4) is 11.4 Å². The molecule has 124 valence electrons. The van der Waals surface area contributed by atoms with Crippen LogP contribution in [0.15, 0.2) is 28.8 Å². The quantitative estimate of drug-likeness (QED) is 0.420. The normalized spacial score (nSPS) is 29.3. The molecule has 0 spiro atoms. The first kappa shape index (κ1) is 17.6. The minimum absolute atomic E-state index is 0. The van der Waals surface area contributed by atoms with E-state index in [1.54, 1.807) is 0 Å². The van der Waals surface area contributed by atoms with Gasteiger partial charge >= 0.3 is 0 Å². The SMILES string of the molecule is C[N+]12CCC(CC1)C(Cc1nc(-c3cccc(I)c3)no1)C2.[I-]. The highest BCUT2D eigenvalue weighted by Crippen LogP contribution is 2.38. The second-order valence-corrected chi connectivity index (χ2v) is 8.32. The summed E-state index contributed by atoms with van der Waals surface area (Å²) in [5.74, 6) is 3.08. The maximum Gasteiger partial charge on any atom is 0.227 e. The van der Waals surface area contributed by atoms with Gasteiger partial charge in [-0.1, -0.05) is 17.3 Å². The van der Waals surface area contributed by atoms with Crippen LogP contribution in [0.1, 0.15) is 18.7 Å². The Bertz CT molecular complexity index is 680. The predicted molar refractivity (Wildman–Crippen MR) is 93.2 cm³/mol. The number of hydrogen-bond acceptors (Lipinski definition) is 3. The van der Waals surface area contributed by atoms with Crippen LogP contribution in [0.4, 0.5) is 0 Å². The number of halogens is 2. The first-order valence-electron chi connectivity index (χ1n) is 8.03. The molecule has 3 aliphatic rings. The monoisotopic (exact) mass is 537 g/mol. The van der Waals surface area contributed by atoms with Crippen molar-refractivity contribution in [1.82, 2.24) is 10.1 Å². The molecule has 1 aromatic heterocycles. The summed E-state index contributed by atoms with van der Waals surface area (Å²) in [7, 11) is 2.40. The highest BCUT2D eigenvalue weighted by Gasteiger charge is 2.43. The summed E-state index contributed by atoms with van der Waals surface area (Å²) < 4.78 is 7.96. The Labute approximate surface area is 167 Å². The largest absolute Gasteiger partial charge is 1.00 e. The Morgan fingerprint density at radius 3 is 2.78 bits per heavy atom. The van der Waals surface area contributed by atoms with Crippen LogP contribution in [0.25, 0.3) is 11.4 Å². The molecule has 4 heterocycles. The van der Waals surface area contributed by atoms with Gasteiger partial charge in [-0.2, -0.15) is 4.98 Å². The molecule has 3 aliphatic heterocycles. The number of benzene rings is 1. The molecule has 1 aromatic carbocycles. The van der Waals surface area contributed by atoms with Crippen molar-refractivity contribution in [2.45, 2.75) is 19.3 Å². The summed E-state index contributed by atoms with van der Waals surface area (Å²) in [4.78, 5) is 4.63. The van der Waals surface area contributed by atoms with Crippen molar-refractivity contribution in [3.05, 3.63) is 33.7 Å². The summed E-state index contributed by atoms with van der Waals surface area (Å²) >= 11 is 2.31. The van der Waals surface area contributed by atoms with Gasteiger partial charge in [-0.25, -0.2) is 0 Å². The molecule has 0 radical (unpaired) electrons. The van der Waals surface area contributed by atoms with Gasteiger partial charge in [0.05, 0.1) is 26.7 Å². The van der Waals surface area contributed by atoms with E-state index in [1.165, 1.54) is 40.5 Å². The van der Waals surface area contributed by atoms with Gasteiger partial charge < -0.3 is 33.0 Å². The van der Waals surface area contributed by atoms with Gasteiger partial charge in [-0.15, -0.1) is 0 Å². The molecule has 1 unspecified atom stereocenters. The lowest BCUT2D eigenvalue weighted by atomic mass is 9.76. The van der Waals surface area contributed by atoms with Crippen LogP contribution in [-0.4, -0.2) is 41.3 Å². The van der Waals surface area contributed by atoms with E-state index in [2.05, 4.69) is 51.9 Å². The van der Waals surface area contributed by atoms with Crippen molar-refractivity contribution < 1.29 is 33.0 Å². The first-order chi connectivity index (χ1) is 10.6. The topological polar surface area (TPSA) is 38.9 Å². The molecule has 1 atom stereocenters. The van der Waals surface area contributed by atoms with Crippen LogP contribution < -0.4 is 24.0 Å². The van der Waals surface area contributed by atoms with Crippen LogP contribution in [0.3, 0.4) is 0 Å². The number of fused-ring (bicyclic) bond motifs is 3. The van der Waals surface area contributed by atoms with Gasteiger partial charge in [0.2, 0.25) is 11.7 Å². The summed E-state index contributed by atoms with van der Waals surface area (Å²) in [6, 6.07) is 8.24. The molecule has 0 amide bonds. The predicted octanol–water partition coefficient (Wildman–Crippen LogP) is 0.374. The third-order valence-corrected chi connectivity index (χ3v) is 6.08. The van der Waals surface area contributed by atoms with Crippen molar-refractivity contribution in [1.29, 1.82) is 0 Å². The summed E-state index contributed by atoms with van der Waals surface area (Å²) in [6.45, 7) is 3.96. The molecule has 23 heavy (non-hydrogen) atoms. The lowest BCUT2D eigenvalue weighted by molar-refractivity contribution is -0.929. The Morgan fingerprint density at radius 2 is 2.09 bits per heavy atom. The molecule has 0 N–H and O–H groups in total. The van der Waals surface area contributed by atoms with Crippen molar-refractivity contribution in [3.63, 3.8) is 0 Å². The Hall–Kier alpha value is -0.220. The maximum absolute atomic E-state index is 5.53. The van der Waals surface area contributed by atoms with E-state index in [0.29, 0.717) is 5.92 Å². The number of hydrogen-bond donors (Lipinski definition) is 0. The molecular weight excluding hydrogens is 516 g/mol. The average molecular weight is 537 g/mol. The number of quaternary nitrogens is 1. The van der Waals surface area contributed by atoms with Crippen LogP contribution in [0.2, 0.25) is 0 Å². The molecule has 3 saturated heterocycles. The summed E-state index contributed by atoms with van der Waals surface area (Å²) in [6.07, 6.45) is 3.66. The van der Waals surface area contributed by atoms with Gasteiger partial charge in [0.15, 0.2) is 0 Å². The molecule has 4 nitrogen and oxygen atoms in total. The fourth-order valence-corrected chi connectivity index (χ4v) is 4.66. The van der Waals surface area contributed by atoms with Crippen LogP contribution in [-0.2, 0) is 6.42 Å². The van der Waals surface area contributed by atoms with E-state index in [0.717, 1.165) is 29.6 Å². The van der Waals surface area contributed by atoms with Crippen LogP contribution >= 0.6 is 22.6 Å². The highest BCUT2D eigenvalue weighted by molar-refractivity contribution is 14.1. The zero-order chi connectivity index (χ0) is 15.2. The average Bonchev–Trinajstić information content (AvgIpc) is 2.96. The van der Waals surface area contributed by atoms with Gasteiger partial charge in [-0.3, -0.25) is 0 Å². The number of aromatic nitrogens is 2. The zero-order valence-corrected chi connectivity index (χ0v) is 17.5. The van der Waals surface area contributed by atoms with E-state index in [4.69, 9.17) is 4.52 Å². The Kier molecular flexibility index (Phi) is 5.32. The number of piperidine rings is 3. The Balaban J connectivity index is 0.00000156. The minimum Gasteiger partial charge on any atom is -1.00 e. The van der Waals surface area contributed by atoms with Gasteiger partial charge in [0, 0.05) is 34.3 Å². The van der Waals surface area contributed by atoms with E-state index in [1.807, 2.05) is 12.1 Å². The maximum atomic E-state index is 5.53. The summed E-state index contributed by atoms with van der Waals surface area (Å²) in [5.41, 5.74) is 1.04. The fraction of sp³-hybridized carbons (Fsp3) is 0.529. The van der Waals surface area contributed by atoms with Crippen LogP contribution in [0, 0.1) is 15.4 Å². The van der Waals surface area contributed by atoms with Crippen molar-refractivity contribution >= 4 is 22.6 Å². The number of nitrogens with zero attached hydrogens (tertiary/aromatic N) is 3. The molecule has 3 fully saturated rings. The lowest BCUT2D eigenvalue weighted by Crippen LogP contribution is -3.00. The molecular formula is C17H21I2N3O. The lowest BCUT2D eigenvalue weighted by Gasteiger charge is -2.50. The smallest absolute Gasteiger partial charge is 0.227 e. The zero-order valence-electron chi connectivity index (χ0n) is 13.2. The molecule has 0 saturated carbocycles. The second kappa shape index (κ2) is 6.95. The van der Waals surface area contributed by atoms with E-state index in [9.17, 15) is 0 Å². The standard InChI is InChI=1S/C17H21IN3O.HI/c1-21-7-5-12(6-8-21)14(11-21)10-16-19-17(20-22-16)13-3-2-4-15(18)9-13;/h2-4,9,12,14H,5-8,10-11H2,1H3;1H/q+1;/p-1. The Morgan fingerprint density at radius 1 is 1.30 bits per heavy atom. The van der Waals surface area contributed by atoms with Crippen molar-refractivity contribution in [2.24, 2.45) is 11.8 Å². The van der Waals surface area contributed by atoms with Crippen LogP contribution in [0.5, 0.6) is 0 Å². The third kappa shape index (κ3) is 3.73. The molecule has 6 heteroatoms. The van der Waals surface area contributed by atoms with E-state index >= 15 is 0 Å². The molecule has 2 bridgehead atoms. The molecule has 5 rings (SSSR count). The molecule has 2 aromatic rings. The second-order valence-electron chi connectivity index (χ2n) is 7.07. The van der Waals surface area contributed by atoms with E-state index in [-0.39, 0.29) is 24.0 Å². The third-order valence-electron chi connectivity index (χ3n) is 5.41. The van der Waals surface area contributed by atoms with Gasteiger partial charge in [0.1, 0.15) is 0 Å². The van der Waals surface area contributed by atoms with Gasteiger partial charge in [0.25, 0.3) is 0 Å². The first-order valence-corrected chi connectivity index (χ1v) is 9.11. The van der Waals surface area contributed by atoms with E-state index < -0.39 is 0 Å².